The second-order valence-corrected chi connectivity index (χ2v) is 9.16. The van der Waals surface area contributed by atoms with E-state index in [1.165, 1.54) is 0 Å². The number of nitrogens with one attached hydrogen (secondary N) is 1. The molecule has 1 aromatic heterocycles. The third kappa shape index (κ3) is 4.25. The maximum absolute atomic E-state index is 13.3. The first-order valence-electron chi connectivity index (χ1n) is 9.52. The van der Waals surface area contributed by atoms with Crippen molar-refractivity contribution in [2.45, 2.75) is 57.0 Å². The number of aryl methyl sites for hydroxylation is 1. The highest BCUT2D eigenvalue weighted by Gasteiger charge is 2.30. The average molecular weight is 385 g/mol. The third-order valence-electron chi connectivity index (χ3n) is 4.93. The molecule has 0 radical (unpaired) electrons. The summed E-state index contributed by atoms with van der Waals surface area (Å²) >= 11 is 0. The topological polar surface area (TPSA) is 51.1 Å². The maximum Gasteiger partial charge on any atom is 0.243 e. The Kier molecular flexibility index (Phi) is 5.72. The molecule has 3 aromatic rings. The fraction of sp³-hybridized carbons (Fsp3) is 0.364. The quantitative estimate of drug-likeness (QED) is 0.553. The Morgan fingerprint density at radius 1 is 0.963 bits per heavy atom. The molecule has 0 amide bonds. The summed E-state index contributed by atoms with van der Waals surface area (Å²) in [5.41, 5.74) is 1.19. The smallest absolute Gasteiger partial charge is 0.243 e. The number of unbranched alkanes of at least 4 members (excludes halogenated alkanes) is 2. The minimum absolute atomic E-state index is 0.346. The van der Waals surface area contributed by atoms with E-state index in [1.54, 1.807) is 6.20 Å². The van der Waals surface area contributed by atoms with Gasteiger partial charge in [0.25, 0.3) is 0 Å². The predicted molar refractivity (Wildman–Crippen MR) is 111 cm³/mol. The normalized spacial score (nSPS) is 12.6. The number of hydrogen-bond acceptors (Lipinski definition) is 2. The Hall–Kier alpha value is -2.11. The van der Waals surface area contributed by atoms with Crippen LogP contribution in [0.3, 0.4) is 0 Å². The first-order chi connectivity index (χ1) is 12.8. The molecule has 27 heavy (non-hydrogen) atoms. The molecular weight excluding hydrogens is 356 g/mol. The van der Waals surface area contributed by atoms with Gasteiger partial charge in [0.15, 0.2) is 0 Å². The maximum atomic E-state index is 13.3. The number of benzene rings is 2. The van der Waals surface area contributed by atoms with Crippen LogP contribution in [0.25, 0.3) is 10.9 Å². The highest BCUT2D eigenvalue weighted by atomic mass is 32.2. The summed E-state index contributed by atoms with van der Waals surface area (Å²) in [6.45, 7) is 6.77. The fourth-order valence-corrected chi connectivity index (χ4v) is 5.08. The monoisotopic (exact) mass is 384 g/mol. The van der Waals surface area contributed by atoms with Gasteiger partial charge in [0, 0.05) is 23.6 Å². The summed E-state index contributed by atoms with van der Waals surface area (Å²) in [6, 6.07) is 17.4. The van der Waals surface area contributed by atoms with Gasteiger partial charge in [-0.05, 0) is 31.9 Å². The lowest BCUT2D eigenvalue weighted by Crippen LogP contribution is -2.40. The predicted octanol–water partition coefficient (Wildman–Crippen LogP) is 5.05. The van der Waals surface area contributed by atoms with Crippen LogP contribution in [0.2, 0.25) is 0 Å². The zero-order valence-corrected chi connectivity index (χ0v) is 17.1. The Morgan fingerprint density at radius 3 is 2.33 bits per heavy atom. The minimum atomic E-state index is -3.67. The van der Waals surface area contributed by atoms with Crippen molar-refractivity contribution in [2.75, 3.05) is 0 Å². The third-order valence-corrected chi connectivity index (χ3v) is 6.61. The molecule has 0 spiro atoms. The molecule has 0 aliphatic rings. The van der Waals surface area contributed by atoms with Crippen molar-refractivity contribution >= 4 is 20.9 Å². The van der Waals surface area contributed by atoms with Crippen LogP contribution < -0.4 is 4.72 Å². The fourth-order valence-electron chi connectivity index (χ4n) is 3.45. The molecule has 0 bridgehead atoms. The van der Waals surface area contributed by atoms with Crippen molar-refractivity contribution in [3.63, 3.8) is 0 Å². The summed E-state index contributed by atoms with van der Waals surface area (Å²) in [6.07, 6.45) is 5.09. The molecule has 5 heteroatoms. The zero-order valence-electron chi connectivity index (χ0n) is 16.3. The summed E-state index contributed by atoms with van der Waals surface area (Å²) in [7, 11) is -3.67. The molecule has 1 N–H and O–H groups in total. The largest absolute Gasteiger partial charge is 0.346 e. The van der Waals surface area contributed by atoms with Crippen molar-refractivity contribution in [1.29, 1.82) is 0 Å². The molecule has 3 rings (SSSR count). The van der Waals surface area contributed by atoms with Crippen LogP contribution in [0.1, 0.15) is 45.6 Å². The van der Waals surface area contributed by atoms with E-state index in [-0.39, 0.29) is 0 Å². The van der Waals surface area contributed by atoms with E-state index in [9.17, 15) is 8.42 Å². The van der Waals surface area contributed by atoms with E-state index >= 15 is 0 Å². The van der Waals surface area contributed by atoms with Crippen molar-refractivity contribution in [1.82, 2.24) is 9.29 Å². The van der Waals surface area contributed by atoms with Gasteiger partial charge in [0.2, 0.25) is 10.0 Å². The second-order valence-electron chi connectivity index (χ2n) is 7.51. The molecule has 0 aliphatic heterocycles. The minimum Gasteiger partial charge on any atom is -0.346 e. The van der Waals surface area contributed by atoms with E-state index in [1.807, 2.05) is 68.4 Å². The van der Waals surface area contributed by atoms with Crippen LogP contribution in [0.4, 0.5) is 0 Å². The van der Waals surface area contributed by atoms with E-state index in [4.69, 9.17) is 0 Å². The highest BCUT2D eigenvalue weighted by molar-refractivity contribution is 7.89. The van der Waals surface area contributed by atoms with E-state index in [2.05, 4.69) is 16.2 Å². The molecule has 144 valence electrons. The average Bonchev–Trinajstić information content (AvgIpc) is 3.02. The molecule has 0 aliphatic carbocycles. The van der Waals surface area contributed by atoms with E-state index in [0.717, 1.165) is 42.3 Å². The van der Waals surface area contributed by atoms with Gasteiger partial charge in [-0.1, -0.05) is 68.3 Å². The summed E-state index contributed by atoms with van der Waals surface area (Å²) < 4.78 is 31.5. The molecular formula is C22H28N2O2S. The number of nitrogens with zero attached hydrogens (tertiary/aromatic N) is 1. The van der Waals surface area contributed by atoms with Crippen LogP contribution in [-0.4, -0.2) is 13.0 Å². The van der Waals surface area contributed by atoms with Crippen molar-refractivity contribution in [3.8, 4) is 0 Å². The van der Waals surface area contributed by atoms with Gasteiger partial charge in [-0.25, -0.2) is 13.1 Å². The molecule has 0 atom stereocenters. The number of aromatic nitrogens is 1. The van der Waals surface area contributed by atoms with Gasteiger partial charge < -0.3 is 4.57 Å². The Morgan fingerprint density at radius 2 is 1.63 bits per heavy atom. The SMILES string of the molecule is CCCCCn1cc(S(=O)(=O)NC(C)(C)c2ccccc2)c2ccccc21. The van der Waals surface area contributed by atoms with Crippen molar-refractivity contribution < 1.29 is 8.42 Å². The number of hydrogen-bond donors (Lipinski definition) is 1. The van der Waals surface area contributed by atoms with Gasteiger partial charge in [-0.2, -0.15) is 0 Å². The summed E-state index contributed by atoms with van der Waals surface area (Å²) in [4.78, 5) is 0.346. The zero-order chi connectivity index (χ0) is 19.5. The van der Waals surface area contributed by atoms with Gasteiger partial charge in [0.1, 0.15) is 4.90 Å². The molecule has 0 fully saturated rings. The Balaban J connectivity index is 1.98. The van der Waals surface area contributed by atoms with E-state index < -0.39 is 15.6 Å². The second kappa shape index (κ2) is 7.87. The molecule has 0 saturated carbocycles. The van der Waals surface area contributed by atoms with E-state index in [0.29, 0.717) is 4.90 Å². The van der Waals surface area contributed by atoms with Crippen LogP contribution in [0, 0.1) is 0 Å². The van der Waals surface area contributed by atoms with Crippen molar-refractivity contribution in [3.05, 3.63) is 66.4 Å². The lowest BCUT2D eigenvalue weighted by atomic mass is 9.96. The van der Waals surface area contributed by atoms with Gasteiger partial charge in [0.05, 0.1) is 5.54 Å². The summed E-state index contributed by atoms with van der Waals surface area (Å²) in [5, 5.41) is 0.769. The van der Waals surface area contributed by atoms with Crippen LogP contribution in [0.5, 0.6) is 0 Å². The molecule has 4 nitrogen and oxygen atoms in total. The highest BCUT2D eigenvalue weighted by Crippen LogP contribution is 2.29. The first kappa shape index (κ1) is 19.6. The number of fused-ring (bicyclic) bond motifs is 1. The standard InChI is InChI=1S/C22H28N2O2S/c1-4-5-11-16-24-17-21(19-14-9-10-15-20(19)24)27(25,26)23-22(2,3)18-12-7-6-8-13-18/h6-10,12-15,17,23H,4-5,11,16H2,1-3H3. The van der Waals surface area contributed by atoms with Gasteiger partial charge in [-0.3, -0.25) is 0 Å². The lowest BCUT2D eigenvalue weighted by molar-refractivity contribution is 0.472. The summed E-state index contributed by atoms with van der Waals surface area (Å²) in [5.74, 6) is 0. The van der Waals surface area contributed by atoms with Crippen molar-refractivity contribution in [2.24, 2.45) is 0 Å². The van der Waals surface area contributed by atoms with Gasteiger partial charge in [-0.15, -0.1) is 0 Å². The number of rotatable bonds is 8. The van der Waals surface area contributed by atoms with Crippen LogP contribution in [-0.2, 0) is 22.1 Å². The number of sulfonamides is 1. The first-order valence-corrected chi connectivity index (χ1v) is 11.0. The molecule has 0 saturated heterocycles. The molecule has 1 heterocycles. The van der Waals surface area contributed by atoms with Crippen LogP contribution in [0.15, 0.2) is 65.7 Å². The Bertz CT molecular complexity index is 1010. The van der Waals surface area contributed by atoms with Gasteiger partial charge >= 0.3 is 0 Å². The van der Waals surface area contributed by atoms with Crippen LogP contribution >= 0.6 is 0 Å². The molecule has 0 unspecified atom stereocenters. The molecule has 2 aromatic carbocycles. The number of para-hydroxylation sites is 1. The Labute approximate surface area is 162 Å². The lowest BCUT2D eigenvalue weighted by Gasteiger charge is -2.26.